The fourth-order valence-electron chi connectivity index (χ4n) is 1.83. The summed E-state index contributed by atoms with van der Waals surface area (Å²) in [6.45, 7) is 4.15. The molecule has 2 rings (SSSR count). The van der Waals surface area contributed by atoms with Crippen molar-refractivity contribution in [2.45, 2.75) is 31.2 Å². The lowest BCUT2D eigenvalue weighted by Crippen LogP contribution is -2.40. The lowest BCUT2D eigenvalue weighted by Gasteiger charge is -2.10. The van der Waals surface area contributed by atoms with Crippen LogP contribution in [-0.2, 0) is 14.8 Å². The van der Waals surface area contributed by atoms with Crippen LogP contribution >= 0.6 is 11.3 Å². The number of hydrogen-bond donors (Lipinski definition) is 2. The van der Waals surface area contributed by atoms with E-state index in [1.165, 1.54) is 11.3 Å². The SMILES string of the molecule is Cc1cc(S(=O)(=O)N[C@@H]2CCNC2=O)c(C)s1. The van der Waals surface area contributed by atoms with Gasteiger partial charge in [0, 0.05) is 16.3 Å². The van der Waals surface area contributed by atoms with Gasteiger partial charge in [0.05, 0.1) is 4.90 Å². The Bertz CT molecular complexity index is 548. The van der Waals surface area contributed by atoms with Gasteiger partial charge in [-0.2, -0.15) is 4.72 Å². The molecule has 1 amide bonds. The molecule has 0 bridgehead atoms. The quantitative estimate of drug-likeness (QED) is 0.844. The number of sulfonamides is 1. The third-order valence-corrected chi connectivity index (χ3v) is 5.32. The maximum absolute atomic E-state index is 12.1. The topological polar surface area (TPSA) is 75.3 Å². The Morgan fingerprint density at radius 3 is 2.65 bits per heavy atom. The number of carbonyl (C=O) groups is 1. The molecule has 0 unspecified atom stereocenters. The monoisotopic (exact) mass is 274 g/mol. The molecule has 94 valence electrons. The van der Waals surface area contributed by atoms with Crippen LogP contribution in [0.4, 0.5) is 0 Å². The van der Waals surface area contributed by atoms with Gasteiger partial charge < -0.3 is 5.32 Å². The number of carbonyl (C=O) groups excluding carboxylic acids is 1. The molecule has 17 heavy (non-hydrogen) atoms. The van der Waals surface area contributed by atoms with Crippen molar-refractivity contribution in [3.05, 3.63) is 15.8 Å². The van der Waals surface area contributed by atoms with Gasteiger partial charge >= 0.3 is 0 Å². The maximum atomic E-state index is 12.1. The van der Waals surface area contributed by atoms with Crippen molar-refractivity contribution in [2.24, 2.45) is 0 Å². The Hall–Kier alpha value is -0.920. The van der Waals surface area contributed by atoms with Gasteiger partial charge in [-0.15, -0.1) is 11.3 Å². The molecule has 2 heterocycles. The minimum absolute atomic E-state index is 0.252. The molecule has 1 saturated heterocycles. The second-order valence-electron chi connectivity index (χ2n) is 4.03. The van der Waals surface area contributed by atoms with E-state index >= 15 is 0 Å². The molecule has 7 heteroatoms. The first kappa shape index (κ1) is 12.5. The summed E-state index contributed by atoms with van der Waals surface area (Å²) in [6, 6.07) is 0.995. The van der Waals surface area contributed by atoms with Crippen LogP contribution in [0.3, 0.4) is 0 Å². The summed E-state index contributed by atoms with van der Waals surface area (Å²) in [5.74, 6) is -0.252. The Morgan fingerprint density at radius 2 is 2.18 bits per heavy atom. The molecule has 1 aromatic rings. The first-order chi connectivity index (χ1) is 7.90. The van der Waals surface area contributed by atoms with Gasteiger partial charge in [-0.3, -0.25) is 4.79 Å². The van der Waals surface area contributed by atoms with E-state index in [1.54, 1.807) is 13.0 Å². The summed E-state index contributed by atoms with van der Waals surface area (Å²) in [4.78, 5) is 13.3. The average molecular weight is 274 g/mol. The van der Waals surface area contributed by atoms with Crippen molar-refractivity contribution >= 4 is 27.3 Å². The Labute approximate surface area is 104 Å². The zero-order chi connectivity index (χ0) is 12.6. The van der Waals surface area contributed by atoms with Gasteiger partial charge in [0.25, 0.3) is 0 Å². The van der Waals surface area contributed by atoms with E-state index in [2.05, 4.69) is 10.0 Å². The minimum atomic E-state index is -3.59. The summed E-state index contributed by atoms with van der Waals surface area (Å²) in [5, 5.41) is 2.60. The molecule has 1 aliphatic heterocycles. The van der Waals surface area contributed by atoms with E-state index in [4.69, 9.17) is 0 Å². The van der Waals surface area contributed by atoms with Crippen LogP contribution in [0.5, 0.6) is 0 Å². The highest BCUT2D eigenvalue weighted by atomic mass is 32.2. The van der Waals surface area contributed by atoms with Gasteiger partial charge in [0.1, 0.15) is 6.04 Å². The number of hydrogen-bond acceptors (Lipinski definition) is 4. The fourth-order valence-corrected chi connectivity index (χ4v) is 4.62. The highest BCUT2D eigenvalue weighted by Crippen LogP contribution is 2.25. The predicted molar refractivity (Wildman–Crippen MR) is 65.5 cm³/mol. The van der Waals surface area contributed by atoms with Gasteiger partial charge in [0.15, 0.2) is 0 Å². The molecule has 1 atom stereocenters. The highest BCUT2D eigenvalue weighted by Gasteiger charge is 2.30. The number of nitrogens with one attached hydrogen (secondary N) is 2. The Balaban J connectivity index is 2.25. The van der Waals surface area contributed by atoms with Crippen LogP contribution in [-0.4, -0.2) is 26.9 Å². The summed E-state index contributed by atoms with van der Waals surface area (Å²) >= 11 is 1.44. The normalized spacial score (nSPS) is 20.6. The minimum Gasteiger partial charge on any atom is -0.355 e. The Kier molecular flexibility index (Phi) is 3.24. The molecule has 0 aromatic carbocycles. The molecular weight excluding hydrogens is 260 g/mol. The van der Waals surface area contributed by atoms with Gasteiger partial charge in [-0.05, 0) is 26.3 Å². The van der Waals surface area contributed by atoms with E-state index in [0.717, 1.165) is 9.75 Å². The average Bonchev–Trinajstić information content (AvgIpc) is 2.74. The van der Waals surface area contributed by atoms with E-state index in [9.17, 15) is 13.2 Å². The molecule has 2 N–H and O–H groups in total. The molecule has 5 nitrogen and oxygen atoms in total. The standard InChI is InChI=1S/C10H14N2O3S2/c1-6-5-9(7(2)16-6)17(14,15)12-8-3-4-11-10(8)13/h5,8,12H,3-4H2,1-2H3,(H,11,13)/t8-/m1/s1. The number of thiophene rings is 1. The van der Waals surface area contributed by atoms with Crippen LogP contribution in [0.25, 0.3) is 0 Å². The van der Waals surface area contributed by atoms with E-state index < -0.39 is 16.1 Å². The first-order valence-electron chi connectivity index (χ1n) is 5.27. The number of aryl methyl sites for hydroxylation is 2. The van der Waals surface area contributed by atoms with E-state index in [0.29, 0.717) is 13.0 Å². The molecule has 0 spiro atoms. The summed E-state index contributed by atoms with van der Waals surface area (Å²) in [6.07, 6.45) is 0.500. The number of rotatable bonds is 3. The van der Waals surface area contributed by atoms with Crippen LogP contribution in [0.1, 0.15) is 16.2 Å². The zero-order valence-corrected chi connectivity index (χ0v) is 11.2. The summed E-state index contributed by atoms with van der Waals surface area (Å²) < 4.78 is 26.6. The van der Waals surface area contributed by atoms with E-state index in [1.807, 2.05) is 6.92 Å². The first-order valence-corrected chi connectivity index (χ1v) is 7.57. The molecule has 1 aromatic heterocycles. The molecular formula is C10H14N2O3S2. The maximum Gasteiger partial charge on any atom is 0.242 e. The van der Waals surface area contributed by atoms with Crippen LogP contribution < -0.4 is 10.0 Å². The summed E-state index contributed by atoms with van der Waals surface area (Å²) in [5.41, 5.74) is 0. The summed E-state index contributed by atoms with van der Waals surface area (Å²) in [7, 11) is -3.59. The molecule has 1 aliphatic rings. The second kappa shape index (κ2) is 4.40. The van der Waals surface area contributed by atoms with E-state index in [-0.39, 0.29) is 10.8 Å². The molecule has 0 radical (unpaired) electrons. The van der Waals surface area contributed by atoms with Crippen LogP contribution in [0.15, 0.2) is 11.0 Å². The zero-order valence-electron chi connectivity index (χ0n) is 9.61. The Morgan fingerprint density at radius 1 is 1.47 bits per heavy atom. The lowest BCUT2D eigenvalue weighted by molar-refractivity contribution is -0.120. The number of amides is 1. The van der Waals surface area contributed by atoms with Gasteiger partial charge in [0.2, 0.25) is 15.9 Å². The smallest absolute Gasteiger partial charge is 0.242 e. The van der Waals surface area contributed by atoms with Crippen LogP contribution in [0.2, 0.25) is 0 Å². The van der Waals surface area contributed by atoms with Crippen molar-refractivity contribution in [3.63, 3.8) is 0 Å². The van der Waals surface area contributed by atoms with Crippen molar-refractivity contribution in [3.8, 4) is 0 Å². The molecule has 0 saturated carbocycles. The lowest BCUT2D eigenvalue weighted by atomic mass is 10.3. The second-order valence-corrected chi connectivity index (χ2v) is 7.17. The third kappa shape index (κ3) is 2.51. The van der Waals surface area contributed by atoms with Crippen LogP contribution in [0, 0.1) is 13.8 Å². The van der Waals surface area contributed by atoms with Gasteiger partial charge in [-0.25, -0.2) is 8.42 Å². The molecule has 1 fully saturated rings. The fraction of sp³-hybridized carbons (Fsp3) is 0.500. The molecule has 0 aliphatic carbocycles. The van der Waals surface area contributed by atoms with Crippen molar-refractivity contribution < 1.29 is 13.2 Å². The third-order valence-electron chi connectivity index (χ3n) is 2.63. The largest absolute Gasteiger partial charge is 0.355 e. The predicted octanol–water partition coefficient (Wildman–Crippen LogP) is 0.532. The van der Waals surface area contributed by atoms with Crippen molar-refractivity contribution in [1.82, 2.24) is 10.0 Å². The highest BCUT2D eigenvalue weighted by molar-refractivity contribution is 7.89. The van der Waals surface area contributed by atoms with Crippen molar-refractivity contribution in [2.75, 3.05) is 6.54 Å². The van der Waals surface area contributed by atoms with Crippen molar-refractivity contribution in [1.29, 1.82) is 0 Å². The van der Waals surface area contributed by atoms with Gasteiger partial charge in [-0.1, -0.05) is 0 Å².